The number of hydrogen-bond acceptors (Lipinski definition) is 4. The predicted molar refractivity (Wildman–Crippen MR) is 71.6 cm³/mol. The molecule has 0 bridgehead atoms. The summed E-state index contributed by atoms with van der Waals surface area (Å²) in [5.41, 5.74) is 1.64. The fourth-order valence-electron chi connectivity index (χ4n) is 1.84. The average Bonchev–Trinajstić information content (AvgIpc) is 2.96. The molecule has 1 heterocycles. The van der Waals surface area contributed by atoms with Crippen LogP contribution in [0.3, 0.4) is 0 Å². The van der Waals surface area contributed by atoms with Crippen molar-refractivity contribution in [2.45, 2.75) is 13.1 Å². The van der Waals surface area contributed by atoms with Crippen LogP contribution in [0.15, 0.2) is 36.9 Å². The summed E-state index contributed by atoms with van der Waals surface area (Å²) >= 11 is 0. The zero-order valence-electron chi connectivity index (χ0n) is 10.8. The molecule has 0 aliphatic rings. The van der Waals surface area contributed by atoms with Crippen molar-refractivity contribution in [3.63, 3.8) is 0 Å². The number of benzene rings is 1. The standard InChI is InChI=1S/C14H16N4O/c1-19-14-3-2-12(9-15)8-13(14)10-16-4-6-18-7-5-17-11-18/h2-3,5,7-8,11,16H,4,6,10H2,1H3. The molecule has 2 rings (SSSR count). The largest absolute Gasteiger partial charge is 0.496 e. The average molecular weight is 256 g/mol. The van der Waals surface area contributed by atoms with Crippen LogP contribution in [0.25, 0.3) is 0 Å². The van der Waals surface area contributed by atoms with Crippen LogP contribution in [-0.4, -0.2) is 23.2 Å². The highest BCUT2D eigenvalue weighted by molar-refractivity contribution is 5.41. The second-order valence-corrected chi connectivity index (χ2v) is 4.12. The maximum absolute atomic E-state index is 8.90. The molecule has 0 radical (unpaired) electrons. The molecule has 0 unspecified atom stereocenters. The van der Waals surface area contributed by atoms with Crippen molar-refractivity contribution in [1.29, 1.82) is 5.26 Å². The van der Waals surface area contributed by atoms with Gasteiger partial charge in [-0.05, 0) is 18.2 Å². The fourth-order valence-corrected chi connectivity index (χ4v) is 1.84. The van der Waals surface area contributed by atoms with Crippen molar-refractivity contribution in [3.8, 4) is 11.8 Å². The Morgan fingerprint density at radius 1 is 1.47 bits per heavy atom. The van der Waals surface area contributed by atoms with E-state index in [2.05, 4.69) is 16.4 Å². The Balaban J connectivity index is 1.89. The molecule has 0 spiro atoms. The van der Waals surface area contributed by atoms with Gasteiger partial charge in [0.15, 0.2) is 0 Å². The summed E-state index contributed by atoms with van der Waals surface area (Å²) in [7, 11) is 1.64. The van der Waals surface area contributed by atoms with Gasteiger partial charge in [0.2, 0.25) is 0 Å². The topological polar surface area (TPSA) is 62.9 Å². The van der Waals surface area contributed by atoms with E-state index in [-0.39, 0.29) is 0 Å². The molecule has 19 heavy (non-hydrogen) atoms. The van der Waals surface area contributed by atoms with Gasteiger partial charge in [-0.2, -0.15) is 5.26 Å². The normalized spacial score (nSPS) is 10.1. The van der Waals surface area contributed by atoms with Gasteiger partial charge in [-0.15, -0.1) is 0 Å². The van der Waals surface area contributed by atoms with E-state index in [0.717, 1.165) is 24.4 Å². The van der Waals surface area contributed by atoms with Crippen LogP contribution in [0.2, 0.25) is 0 Å². The Hall–Kier alpha value is -2.32. The Labute approximate surface area is 112 Å². The van der Waals surface area contributed by atoms with E-state index >= 15 is 0 Å². The van der Waals surface area contributed by atoms with Gasteiger partial charge in [-0.1, -0.05) is 0 Å². The van der Waals surface area contributed by atoms with Crippen LogP contribution in [0.5, 0.6) is 5.75 Å². The highest BCUT2D eigenvalue weighted by Crippen LogP contribution is 2.19. The summed E-state index contributed by atoms with van der Waals surface area (Å²) in [6, 6.07) is 7.57. The molecule has 0 aliphatic heterocycles. The third-order valence-electron chi connectivity index (χ3n) is 2.83. The van der Waals surface area contributed by atoms with Crippen molar-refractivity contribution in [2.75, 3.05) is 13.7 Å². The molecule has 1 aromatic heterocycles. The SMILES string of the molecule is COc1ccc(C#N)cc1CNCCn1ccnc1. The Bertz CT molecular complexity index is 557. The van der Waals surface area contributed by atoms with Crippen LogP contribution < -0.4 is 10.1 Å². The van der Waals surface area contributed by atoms with Crippen LogP contribution in [0, 0.1) is 11.3 Å². The summed E-state index contributed by atoms with van der Waals surface area (Å²) in [6.45, 7) is 2.37. The maximum Gasteiger partial charge on any atom is 0.123 e. The number of ether oxygens (including phenoxy) is 1. The molecular formula is C14H16N4O. The first-order chi connectivity index (χ1) is 9.33. The lowest BCUT2D eigenvalue weighted by Crippen LogP contribution is -2.19. The van der Waals surface area contributed by atoms with Crippen LogP contribution in [-0.2, 0) is 13.1 Å². The molecule has 98 valence electrons. The lowest BCUT2D eigenvalue weighted by Gasteiger charge is -2.10. The Morgan fingerprint density at radius 2 is 2.37 bits per heavy atom. The number of aromatic nitrogens is 2. The number of rotatable bonds is 6. The molecule has 1 aromatic carbocycles. The third-order valence-corrected chi connectivity index (χ3v) is 2.83. The minimum absolute atomic E-state index is 0.646. The quantitative estimate of drug-likeness (QED) is 0.797. The number of nitriles is 1. The summed E-state index contributed by atoms with van der Waals surface area (Å²) in [6.07, 6.45) is 5.48. The Kier molecular flexibility index (Phi) is 4.54. The van der Waals surface area contributed by atoms with E-state index in [1.807, 2.05) is 22.9 Å². The Morgan fingerprint density at radius 3 is 3.05 bits per heavy atom. The fraction of sp³-hybridized carbons (Fsp3) is 0.286. The highest BCUT2D eigenvalue weighted by atomic mass is 16.5. The predicted octanol–water partition coefficient (Wildman–Crippen LogP) is 1.55. The van der Waals surface area contributed by atoms with Gasteiger partial charge in [0.05, 0.1) is 25.1 Å². The van der Waals surface area contributed by atoms with Gasteiger partial charge in [0.1, 0.15) is 5.75 Å². The number of nitrogens with zero attached hydrogens (tertiary/aromatic N) is 3. The van der Waals surface area contributed by atoms with Crippen LogP contribution in [0.1, 0.15) is 11.1 Å². The minimum atomic E-state index is 0.646. The second-order valence-electron chi connectivity index (χ2n) is 4.12. The number of nitrogens with one attached hydrogen (secondary N) is 1. The zero-order chi connectivity index (χ0) is 13.5. The van der Waals surface area contributed by atoms with Crippen molar-refractivity contribution >= 4 is 0 Å². The van der Waals surface area contributed by atoms with E-state index in [1.54, 1.807) is 25.7 Å². The summed E-state index contributed by atoms with van der Waals surface area (Å²) in [5.74, 6) is 0.800. The molecule has 0 atom stereocenters. The van der Waals surface area contributed by atoms with Gasteiger partial charge in [-0.25, -0.2) is 4.98 Å². The molecule has 5 heteroatoms. The van der Waals surface area contributed by atoms with Gasteiger partial charge < -0.3 is 14.6 Å². The first-order valence-corrected chi connectivity index (χ1v) is 6.07. The lowest BCUT2D eigenvalue weighted by molar-refractivity contribution is 0.407. The molecule has 0 fully saturated rings. The smallest absolute Gasteiger partial charge is 0.123 e. The molecular weight excluding hydrogens is 240 g/mol. The van der Waals surface area contributed by atoms with Crippen molar-refractivity contribution in [1.82, 2.24) is 14.9 Å². The summed E-state index contributed by atoms with van der Waals surface area (Å²) < 4.78 is 7.29. The first kappa shape index (κ1) is 13.1. The van der Waals surface area contributed by atoms with E-state index in [1.165, 1.54) is 0 Å². The van der Waals surface area contributed by atoms with E-state index in [0.29, 0.717) is 12.1 Å². The van der Waals surface area contributed by atoms with Gasteiger partial charge in [-0.3, -0.25) is 0 Å². The molecule has 0 saturated heterocycles. The summed E-state index contributed by atoms with van der Waals surface area (Å²) in [4.78, 5) is 3.99. The van der Waals surface area contributed by atoms with E-state index in [9.17, 15) is 0 Å². The molecule has 5 nitrogen and oxygen atoms in total. The van der Waals surface area contributed by atoms with E-state index < -0.39 is 0 Å². The number of imidazole rings is 1. The molecule has 1 N–H and O–H groups in total. The number of hydrogen-bond donors (Lipinski definition) is 1. The van der Waals surface area contributed by atoms with Gasteiger partial charge >= 0.3 is 0 Å². The minimum Gasteiger partial charge on any atom is -0.496 e. The lowest BCUT2D eigenvalue weighted by atomic mass is 10.1. The van der Waals surface area contributed by atoms with Crippen molar-refractivity contribution < 1.29 is 4.74 Å². The van der Waals surface area contributed by atoms with Gasteiger partial charge in [0.25, 0.3) is 0 Å². The van der Waals surface area contributed by atoms with Crippen molar-refractivity contribution in [3.05, 3.63) is 48.0 Å². The molecule has 2 aromatic rings. The maximum atomic E-state index is 8.90. The monoisotopic (exact) mass is 256 g/mol. The number of methoxy groups -OCH3 is 1. The van der Waals surface area contributed by atoms with Crippen LogP contribution in [0.4, 0.5) is 0 Å². The zero-order valence-corrected chi connectivity index (χ0v) is 10.8. The van der Waals surface area contributed by atoms with E-state index in [4.69, 9.17) is 10.00 Å². The molecule has 0 aliphatic carbocycles. The second kappa shape index (κ2) is 6.57. The molecule has 0 amide bonds. The molecule has 0 saturated carbocycles. The highest BCUT2D eigenvalue weighted by Gasteiger charge is 2.03. The third kappa shape index (κ3) is 3.57. The first-order valence-electron chi connectivity index (χ1n) is 6.07. The summed E-state index contributed by atoms with van der Waals surface area (Å²) in [5, 5.41) is 12.2. The van der Waals surface area contributed by atoms with Crippen LogP contribution >= 0.6 is 0 Å². The van der Waals surface area contributed by atoms with Gasteiger partial charge in [0, 0.05) is 37.6 Å². The van der Waals surface area contributed by atoms with Crippen molar-refractivity contribution in [2.24, 2.45) is 0 Å².